The average molecular weight is 348 g/mol. The summed E-state index contributed by atoms with van der Waals surface area (Å²) in [5.74, 6) is 1.18. The number of amides is 1. The van der Waals surface area contributed by atoms with Gasteiger partial charge in [-0.1, -0.05) is 11.6 Å². The highest BCUT2D eigenvalue weighted by Crippen LogP contribution is 2.26. The van der Waals surface area contributed by atoms with Crippen LogP contribution in [0.3, 0.4) is 0 Å². The third kappa shape index (κ3) is 4.65. The molecule has 4 nitrogen and oxygen atoms in total. The Hall–Kier alpha value is -2.20. The molecule has 0 saturated heterocycles. The van der Waals surface area contributed by atoms with E-state index < -0.39 is 6.10 Å². The van der Waals surface area contributed by atoms with Crippen molar-refractivity contribution >= 4 is 23.2 Å². The van der Waals surface area contributed by atoms with Crippen molar-refractivity contribution in [3.8, 4) is 11.5 Å². The lowest BCUT2D eigenvalue weighted by Crippen LogP contribution is -2.30. The van der Waals surface area contributed by atoms with Crippen LogP contribution in [0.2, 0.25) is 5.02 Å². The highest BCUT2D eigenvalue weighted by atomic mass is 35.5. The summed E-state index contributed by atoms with van der Waals surface area (Å²) in [4.78, 5) is 12.3. The standard InChI is InChI=1S/C19H22ClNO3/c1-5-23-16-8-6-15(7-9-16)21-19(22)14(4)24-17-10-12(2)18(20)13(3)11-17/h6-11,14H,5H2,1-4H3,(H,21,22)/t14-/m1/s1. The fraction of sp³-hybridized carbons (Fsp3) is 0.316. The Morgan fingerprint density at radius 3 is 2.25 bits per heavy atom. The van der Waals surface area contributed by atoms with Gasteiger partial charge in [0.25, 0.3) is 5.91 Å². The van der Waals surface area contributed by atoms with E-state index in [1.165, 1.54) is 0 Å². The molecular weight excluding hydrogens is 326 g/mol. The van der Waals surface area contributed by atoms with Crippen molar-refractivity contribution in [3.05, 3.63) is 52.5 Å². The molecule has 1 amide bonds. The topological polar surface area (TPSA) is 47.6 Å². The molecule has 0 aromatic heterocycles. The van der Waals surface area contributed by atoms with Gasteiger partial charge in [0.2, 0.25) is 0 Å². The van der Waals surface area contributed by atoms with Gasteiger partial charge in [0.1, 0.15) is 11.5 Å². The maximum absolute atomic E-state index is 12.3. The quantitative estimate of drug-likeness (QED) is 0.819. The van der Waals surface area contributed by atoms with E-state index in [-0.39, 0.29) is 5.91 Å². The first kappa shape index (κ1) is 18.1. The number of rotatable bonds is 6. The summed E-state index contributed by atoms with van der Waals surface area (Å²) in [5, 5.41) is 3.54. The Kier molecular flexibility index (Phi) is 6.10. The summed E-state index contributed by atoms with van der Waals surface area (Å²) in [6.07, 6.45) is -0.628. The first-order valence-corrected chi connectivity index (χ1v) is 8.25. The Labute approximate surface area is 147 Å². The molecule has 0 aliphatic carbocycles. The van der Waals surface area contributed by atoms with Crippen molar-refractivity contribution < 1.29 is 14.3 Å². The normalized spacial score (nSPS) is 11.7. The minimum atomic E-state index is -0.628. The molecule has 1 N–H and O–H groups in total. The van der Waals surface area contributed by atoms with Crippen LogP contribution in [0.1, 0.15) is 25.0 Å². The molecule has 0 fully saturated rings. The molecule has 0 spiro atoms. The number of hydrogen-bond donors (Lipinski definition) is 1. The largest absolute Gasteiger partial charge is 0.494 e. The maximum atomic E-state index is 12.3. The molecule has 2 aromatic rings. The van der Waals surface area contributed by atoms with Crippen LogP contribution in [0.15, 0.2) is 36.4 Å². The molecule has 128 valence electrons. The molecule has 2 aromatic carbocycles. The lowest BCUT2D eigenvalue weighted by molar-refractivity contribution is -0.122. The van der Waals surface area contributed by atoms with E-state index in [1.54, 1.807) is 19.1 Å². The zero-order valence-corrected chi connectivity index (χ0v) is 15.1. The van der Waals surface area contributed by atoms with Gasteiger partial charge in [-0.25, -0.2) is 0 Å². The van der Waals surface area contributed by atoms with Gasteiger partial charge in [-0.2, -0.15) is 0 Å². The van der Waals surface area contributed by atoms with Crippen molar-refractivity contribution in [3.63, 3.8) is 0 Å². The Morgan fingerprint density at radius 1 is 1.12 bits per heavy atom. The van der Waals surface area contributed by atoms with Crippen LogP contribution in [0.4, 0.5) is 5.69 Å². The zero-order chi connectivity index (χ0) is 17.7. The highest BCUT2D eigenvalue weighted by molar-refractivity contribution is 6.32. The monoisotopic (exact) mass is 347 g/mol. The van der Waals surface area contributed by atoms with E-state index >= 15 is 0 Å². The SMILES string of the molecule is CCOc1ccc(NC(=O)[C@@H](C)Oc2cc(C)c(Cl)c(C)c2)cc1. The summed E-state index contributed by atoms with van der Waals surface area (Å²) in [6, 6.07) is 10.9. The third-order valence-electron chi connectivity index (χ3n) is 3.52. The van der Waals surface area contributed by atoms with Crippen LogP contribution in [0.25, 0.3) is 0 Å². The summed E-state index contributed by atoms with van der Waals surface area (Å²) >= 11 is 6.15. The van der Waals surface area contributed by atoms with E-state index in [9.17, 15) is 4.79 Å². The predicted octanol–water partition coefficient (Wildman–Crippen LogP) is 4.76. The predicted molar refractivity (Wildman–Crippen MR) is 97.3 cm³/mol. The Morgan fingerprint density at radius 2 is 1.71 bits per heavy atom. The van der Waals surface area contributed by atoms with Crippen LogP contribution in [0.5, 0.6) is 11.5 Å². The second kappa shape index (κ2) is 8.06. The zero-order valence-electron chi connectivity index (χ0n) is 14.4. The molecule has 2 rings (SSSR count). The second-order valence-electron chi connectivity index (χ2n) is 5.58. The first-order valence-electron chi connectivity index (χ1n) is 7.87. The average Bonchev–Trinajstić information content (AvgIpc) is 2.54. The molecule has 0 aliphatic rings. The van der Waals surface area contributed by atoms with Gasteiger partial charge in [-0.05, 0) is 75.2 Å². The van der Waals surface area contributed by atoms with Crippen LogP contribution >= 0.6 is 11.6 Å². The van der Waals surface area contributed by atoms with Crippen LogP contribution in [-0.4, -0.2) is 18.6 Å². The number of nitrogens with one attached hydrogen (secondary N) is 1. The summed E-state index contributed by atoms with van der Waals surface area (Å²) in [7, 11) is 0. The van der Waals surface area contributed by atoms with E-state index in [1.807, 2.05) is 45.0 Å². The lowest BCUT2D eigenvalue weighted by Gasteiger charge is -2.16. The van der Waals surface area contributed by atoms with Crippen molar-refractivity contribution in [2.24, 2.45) is 0 Å². The fourth-order valence-electron chi connectivity index (χ4n) is 2.28. The summed E-state index contributed by atoms with van der Waals surface area (Å²) in [6.45, 7) is 8.06. The number of hydrogen-bond acceptors (Lipinski definition) is 3. The van der Waals surface area contributed by atoms with Crippen molar-refractivity contribution in [2.75, 3.05) is 11.9 Å². The third-order valence-corrected chi connectivity index (χ3v) is 4.12. The van der Waals surface area contributed by atoms with Crippen molar-refractivity contribution in [1.82, 2.24) is 0 Å². The van der Waals surface area contributed by atoms with Gasteiger partial charge >= 0.3 is 0 Å². The van der Waals surface area contributed by atoms with E-state index in [4.69, 9.17) is 21.1 Å². The number of ether oxygens (including phenoxy) is 2. The molecule has 0 unspecified atom stereocenters. The number of anilines is 1. The second-order valence-corrected chi connectivity index (χ2v) is 5.96. The first-order chi connectivity index (χ1) is 11.4. The molecule has 0 saturated carbocycles. The number of carbonyl (C=O) groups excluding carboxylic acids is 1. The van der Waals surface area contributed by atoms with Gasteiger partial charge in [0, 0.05) is 10.7 Å². The highest BCUT2D eigenvalue weighted by Gasteiger charge is 2.16. The smallest absolute Gasteiger partial charge is 0.265 e. The Balaban J connectivity index is 1.99. The fourth-order valence-corrected chi connectivity index (χ4v) is 2.39. The van der Waals surface area contributed by atoms with E-state index in [0.717, 1.165) is 16.9 Å². The van der Waals surface area contributed by atoms with Crippen molar-refractivity contribution in [1.29, 1.82) is 0 Å². The molecule has 0 aliphatic heterocycles. The van der Waals surface area contributed by atoms with Gasteiger partial charge in [0.15, 0.2) is 6.10 Å². The summed E-state index contributed by atoms with van der Waals surface area (Å²) in [5.41, 5.74) is 2.54. The van der Waals surface area contributed by atoms with Gasteiger partial charge in [-0.3, -0.25) is 4.79 Å². The number of aryl methyl sites for hydroxylation is 2. The van der Waals surface area contributed by atoms with Gasteiger partial charge in [-0.15, -0.1) is 0 Å². The van der Waals surface area contributed by atoms with Crippen LogP contribution in [0, 0.1) is 13.8 Å². The minimum absolute atomic E-state index is 0.218. The molecule has 1 atom stereocenters. The Bertz CT molecular complexity index is 690. The summed E-state index contributed by atoms with van der Waals surface area (Å²) < 4.78 is 11.1. The van der Waals surface area contributed by atoms with E-state index in [2.05, 4.69) is 5.32 Å². The molecule has 24 heavy (non-hydrogen) atoms. The number of carbonyl (C=O) groups is 1. The molecule has 5 heteroatoms. The van der Waals surface area contributed by atoms with Crippen molar-refractivity contribution in [2.45, 2.75) is 33.8 Å². The molecule has 0 heterocycles. The van der Waals surface area contributed by atoms with Crippen LogP contribution in [-0.2, 0) is 4.79 Å². The number of halogens is 1. The maximum Gasteiger partial charge on any atom is 0.265 e. The number of benzene rings is 2. The minimum Gasteiger partial charge on any atom is -0.494 e. The van der Waals surface area contributed by atoms with Gasteiger partial charge < -0.3 is 14.8 Å². The van der Waals surface area contributed by atoms with Gasteiger partial charge in [0.05, 0.1) is 6.61 Å². The molecular formula is C19H22ClNO3. The molecule has 0 radical (unpaired) electrons. The van der Waals surface area contributed by atoms with Crippen LogP contribution < -0.4 is 14.8 Å². The lowest BCUT2D eigenvalue weighted by atomic mass is 10.1. The molecule has 0 bridgehead atoms. The van der Waals surface area contributed by atoms with E-state index in [0.29, 0.717) is 23.1 Å².